The smallest absolute Gasteiger partial charge is 0.222 e. The molecule has 0 saturated carbocycles. The minimum absolute atomic E-state index is 0.0993. The largest absolute Gasteiger partial charge is 0.385 e. The summed E-state index contributed by atoms with van der Waals surface area (Å²) < 4.78 is 0. The summed E-state index contributed by atoms with van der Waals surface area (Å²) >= 11 is 0. The van der Waals surface area contributed by atoms with Crippen molar-refractivity contribution in [1.82, 2.24) is 5.32 Å². The number of aliphatic hydroxyl groups is 1. The Morgan fingerprint density at radius 1 is 1.50 bits per heavy atom. The second-order valence-corrected chi connectivity index (χ2v) is 3.96. The van der Waals surface area contributed by atoms with Crippen molar-refractivity contribution in [2.75, 3.05) is 7.05 Å². The van der Waals surface area contributed by atoms with Crippen LogP contribution >= 0.6 is 0 Å². The zero-order chi connectivity index (χ0) is 10.4. The van der Waals surface area contributed by atoms with E-state index in [0.717, 1.165) is 19.3 Å². The van der Waals surface area contributed by atoms with Crippen molar-refractivity contribution >= 4 is 5.91 Å². The van der Waals surface area contributed by atoms with Gasteiger partial charge in [0.15, 0.2) is 0 Å². The van der Waals surface area contributed by atoms with E-state index in [4.69, 9.17) is 0 Å². The molecule has 0 radical (unpaired) electrons. The lowest BCUT2D eigenvalue weighted by atomic mass is 9.89. The molecular formula is C11H19NO2. The second-order valence-electron chi connectivity index (χ2n) is 3.96. The summed E-state index contributed by atoms with van der Waals surface area (Å²) in [5.41, 5.74) is -0.916. The highest BCUT2D eigenvalue weighted by Crippen LogP contribution is 2.24. The predicted octanol–water partition coefficient (Wildman–Crippen LogP) is 1.37. The van der Waals surface area contributed by atoms with Gasteiger partial charge >= 0.3 is 0 Å². The van der Waals surface area contributed by atoms with E-state index < -0.39 is 5.60 Å². The zero-order valence-corrected chi connectivity index (χ0v) is 8.75. The van der Waals surface area contributed by atoms with Gasteiger partial charge in [-0.2, -0.15) is 0 Å². The molecule has 0 fully saturated rings. The summed E-state index contributed by atoms with van der Waals surface area (Å²) in [7, 11) is 1.60. The van der Waals surface area contributed by atoms with Crippen molar-refractivity contribution in [1.29, 1.82) is 0 Å². The molecule has 1 amide bonds. The number of carbonyl (C=O) groups excluding carboxylic acids is 1. The molecule has 14 heavy (non-hydrogen) atoms. The molecule has 3 heteroatoms. The van der Waals surface area contributed by atoms with Crippen molar-refractivity contribution < 1.29 is 9.90 Å². The normalized spacial score (nSPS) is 30.1. The van der Waals surface area contributed by atoms with Crippen molar-refractivity contribution in [3.8, 4) is 0 Å². The average Bonchev–Trinajstić information content (AvgIpc) is 2.12. The first-order valence-corrected chi connectivity index (χ1v) is 5.27. The van der Waals surface area contributed by atoms with Gasteiger partial charge in [0.1, 0.15) is 0 Å². The fourth-order valence-corrected chi connectivity index (χ4v) is 1.77. The van der Waals surface area contributed by atoms with Gasteiger partial charge in [-0.3, -0.25) is 4.79 Å². The number of nitrogens with one attached hydrogen (secondary N) is 1. The monoisotopic (exact) mass is 197 g/mol. The lowest BCUT2D eigenvalue weighted by Crippen LogP contribution is -2.34. The SMILES string of the molecule is CNC(=O)C[C@]1(O)/C=C/CCCCC1. The molecule has 0 unspecified atom stereocenters. The summed E-state index contributed by atoms with van der Waals surface area (Å²) in [6.45, 7) is 0. The van der Waals surface area contributed by atoms with Gasteiger partial charge in [0.2, 0.25) is 5.91 Å². The highest BCUT2D eigenvalue weighted by Gasteiger charge is 2.26. The van der Waals surface area contributed by atoms with Gasteiger partial charge in [0.25, 0.3) is 0 Å². The van der Waals surface area contributed by atoms with Gasteiger partial charge in [-0.25, -0.2) is 0 Å². The maximum absolute atomic E-state index is 11.2. The summed E-state index contributed by atoms with van der Waals surface area (Å²) in [5.74, 6) is -0.0993. The predicted molar refractivity (Wildman–Crippen MR) is 55.9 cm³/mol. The first-order valence-electron chi connectivity index (χ1n) is 5.27. The number of amides is 1. The Balaban J connectivity index is 2.58. The lowest BCUT2D eigenvalue weighted by molar-refractivity contribution is -0.124. The summed E-state index contributed by atoms with van der Waals surface area (Å²) in [4.78, 5) is 11.2. The lowest BCUT2D eigenvalue weighted by Gasteiger charge is -2.25. The topological polar surface area (TPSA) is 49.3 Å². The molecular weight excluding hydrogens is 178 g/mol. The van der Waals surface area contributed by atoms with Crippen LogP contribution in [0.5, 0.6) is 0 Å². The molecule has 1 atom stereocenters. The number of rotatable bonds is 2. The van der Waals surface area contributed by atoms with Crippen LogP contribution in [0.2, 0.25) is 0 Å². The average molecular weight is 197 g/mol. The standard InChI is InChI=1S/C11H19NO2/c1-12-10(13)9-11(14)7-5-3-2-4-6-8-11/h5,7,14H,2-4,6,8-9H2,1H3,(H,12,13)/b7-5+/t11-/m0/s1. The maximum atomic E-state index is 11.2. The van der Waals surface area contributed by atoms with Crippen LogP contribution in [-0.2, 0) is 4.79 Å². The Bertz CT molecular complexity index is 225. The fourth-order valence-electron chi connectivity index (χ4n) is 1.77. The number of carbonyl (C=O) groups is 1. The molecule has 1 rings (SSSR count). The van der Waals surface area contributed by atoms with Crippen molar-refractivity contribution in [3.63, 3.8) is 0 Å². The van der Waals surface area contributed by atoms with Crippen LogP contribution in [-0.4, -0.2) is 23.7 Å². The molecule has 1 aliphatic rings. The first kappa shape index (κ1) is 11.2. The van der Waals surface area contributed by atoms with Crippen LogP contribution in [0.25, 0.3) is 0 Å². The molecule has 0 heterocycles. The van der Waals surface area contributed by atoms with Crippen LogP contribution in [0.15, 0.2) is 12.2 Å². The molecule has 0 bridgehead atoms. The Morgan fingerprint density at radius 2 is 2.29 bits per heavy atom. The van der Waals surface area contributed by atoms with E-state index in [0.29, 0.717) is 6.42 Å². The molecule has 0 saturated heterocycles. The van der Waals surface area contributed by atoms with Gasteiger partial charge in [-0.15, -0.1) is 0 Å². The van der Waals surface area contributed by atoms with E-state index in [-0.39, 0.29) is 12.3 Å². The van der Waals surface area contributed by atoms with E-state index in [1.54, 1.807) is 13.1 Å². The third-order valence-corrected chi connectivity index (χ3v) is 2.65. The Labute approximate surface area is 85.2 Å². The van der Waals surface area contributed by atoms with Crippen LogP contribution in [0.1, 0.15) is 38.5 Å². The van der Waals surface area contributed by atoms with Crippen LogP contribution in [0.4, 0.5) is 0 Å². The van der Waals surface area contributed by atoms with E-state index in [2.05, 4.69) is 5.32 Å². The van der Waals surface area contributed by atoms with E-state index in [1.165, 1.54) is 6.42 Å². The second kappa shape index (κ2) is 5.15. The van der Waals surface area contributed by atoms with E-state index in [1.807, 2.05) is 6.08 Å². The van der Waals surface area contributed by atoms with Crippen LogP contribution in [0.3, 0.4) is 0 Å². The minimum atomic E-state index is -0.916. The van der Waals surface area contributed by atoms with Gasteiger partial charge < -0.3 is 10.4 Å². The summed E-state index contributed by atoms with van der Waals surface area (Å²) in [5, 5.41) is 12.7. The van der Waals surface area contributed by atoms with Gasteiger partial charge in [0.05, 0.1) is 12.0 Å². The van der Waals surface area contributed by atoms with Gasteiger partial charge in [0, 0.05) is 7.05 Å². The van der Waals surface area contributed by atoms with Crippen molar-refractivity contribution in [2.45, 2.75) is 44.1 Å². The van der Waals surface area contributed by atoms with Gasteiger partial charge in [-0.05, 0) is 19.3 Å². The highest BCUT2D eigenvalue weighted by atomic mass is 16.3. The molecule has 0 spiro atoms. The fraction of sp³-hybridized carbons (Fsp3) is 0.727. The number of allylic oxidation sites excluding steroid dienone is 1. The number of hydrogen-bond acceptors (Lipinski definition) is 2. The first-order chi connectivity index (χ1) is 6.66. The maximum Gasteiger partial charge on any atom is 0.222 e. The molecule has 80 valence electrons. The molecule has 2 N–H and O–H groups in total. The van der Waals surface area contributed by atoms with Gasteiger partial charge in [-0.1, -0.05) is 25.0 Å². The molecule has 1 aliphatic carbocycles. The van der Waals surface area contributed by atoms with Crippen LogP contribution < -0.4 is 5.32 Å². The highest BCUT2D eigenvalue weighted by molar-refractivity contribution is 5.77. The third kappa shape index (κ3) is 3.50. The summed E-state index contributed by atoms with van der Waals surface area (Å²) in [6, 6.07) is 0. The molecule has 0 aromatic rings. The Kier molecular flexibility index (Phi) is 4.14. The van der Waals surface area contributed by atoms with Crippen molar-refractivity contribution in [2.24, 2.45) is 0 Å². The molecule has 3 nitrogen and oxygen atoms in total. The molecule has 0 aliphatic heterocycles. The van der Waals surface area contributed by atoms with Crippen molar-refractivity contribution in [3.05, 3.63) is 12.2 Å². The minimum Gasteiger partial charge on any atom is -0.385 e. The van der Waals surface area contributed by atoms with E-state index in [9.17, 15) is 9.90 Å². The zero-order valence-electron chi connectivity index (χ0n) is 8.75. The molecule has 0 aromatic heterocycles. The Morgan fingerprint density at radius 3 is 3.00 bits per heavy atom. The van der Waals surface area contributed by atoms with E-state index >= 15 is 0 Å². The quantitative estimate of drug-likeness (QED) is 0.657. The number of hydrogen-bond donors (Lipinski definition) is 2. The van der Waals surface area contributed by atoms with Crippen LogP contribution in [0, 0.1) is 0 Å². The summed E-state index contributed by atoms with van der Waals surface area (Å²) in [6.07, 6.45) is 8.99. The Hall–Kier alpha value is -0.830. The molecule has 0 aromatic carbocycles. The third-order valence-electron chi connectivity index (χ3n) is 2.65.